The van der Waals surface area contributed by atoms with E-state index in [-0.39, 0.29) is 6.10 Å². The monoisotopic (exact) mass is 207 g/mol. The molecule has 0 bridgehead atoms. The molecule has 0 aromatic carbocycles. The fraction of sp³-hybridized carbons (Fsp3) is 0.636. The van der Waals surface area contributed by atoms with Crippen LogP contribution in [0, 0.1) is 5.92 Å². The van der Waals surface area contributed by atoms with Crippen LogP contribution in [0.5, 0.6) is 0 Å². The molecule has 2 unspecified atom stereocenters. The minimum atomic E-state index is -0.202. The lowest BCUT2D eigenvalue weighted by Gasteiger charge is -2.16. The Balaban J connectivity index is 1.88. The summed E-state index contributed by atoms with van der Waals surface area (Å²) in [5.41, 5.74) is 0. The molecule has 15 heavy (non-hydrogen) atoms. The van der Waals surface area contributed by atoms with Crippen molar-refractivity contribution in [2.75, 3.05) is 13.1 Å². The van der Waals surface area contributed by atoms with Crippen LogP contribution in [-0.4, -0.2) is 39.2 Å². The molecular weight excluding hydrogens is 190 g/mol. The number of hydrogen-bond donors (Lipinski definition) is 1. The lowest BCUT2D eigenvalue weighted by atomic mass is 10.0. The standard InChI is InChI=1S/C11H17N3O/c1-9(15)10-3-6-14(7-10)8-11-12-4-2-5-13-11/h2,4-5,9-10,15H,3,6-8H2,1H3. The molecule has 0 saturated carbocycles. The van der Waals surface area contributed by atoms with Crippen LogP contribution in [-0.2, 0) is 6.54 Å². The number of likely N-dealkylation sites (tertiary alicyclic amines) is 1. The Morgan fingerprint density at radius 3 is 2.87 bits per heavy atom. The Morgan fingerprint density at radius 2 is 2.27 bits per heavy atom. The quantitative estimate of drug-likeness (QED) is 0.792. The van der Waals surface area contributed by atoms with Gasteiger partial charge in [-0.25, -0.2) is 9.97 Å². The van der Waals surface area contributed by atoms with E-state index in [9.17, 15) is 5.11 Å². The van der Waals surface area contributed by atoms with Gasteiger partial charge in [-0.15, -0.1) is 0 Å². The Hall–Kier alpha value is -1.00. The second-order valence-corrected chi connectivity index (χ2v) is 4.19. The molecule has 4 heteroatoms. The van der Waals surface area contributed by atoms with Gasteiger partial charge in [0.1, 0.15) is 5.82 Å². The molecule has 1 aliphatic rings. The molecule has 0 aliphatic carbocycles. The fourth-order valence-corrected chi connectivity index (χ4v) is 2.01. The van der Waals surface area contributed by atoms with Crippen molar-refractivity contribution in [1.29, 1.82) is 0 Å². The van der Waals surface area contributed by atoms with E-state index in [0.29, 0.717) is 5.92 Å². The number of aliphatic hydroxyl groups excluding tert-OH is 1. The van der Waals surface area contributed by atoms with Crippen molar-refractivity contribution in [3.05, 3.63) is 24.3 Å². The van der Waals surface area contributed by atoms with Crippen LogP contribution in [0.3, 0.4) is 0 Å². The zero-order valence-corrected chi connectivity index (χ0v) is 9.00. The van der Waals surface area contributed by atoms with Crippen LogP contribution in [0.25, 0.3) is 0 Å². The first kappa shape index (κ1) is 10.5. The number of rotatable bonds is 3. The van der Waals surface area contributed by atoms with Gasteiger partial charge >= 0.3 is 0 Å². The summed E-state index contributed by atoms with van der Waals surface area (Å²) in [7, 11) is 0. The Labute approximate surface area is 90.0 Å². The lowest BCUT2D eigenvalue weighted by Crippen LogP contribution is -2.24. The largest absolute Gasteiger partial charge is 0.393 e. The van der Waals surface area contributed by atoms with Crippen molar-refractivity contribution in [3.63, 3.8) is 0 Å². The summed E-state index contributed by atoms with van der Waals surface area (Å²) < 4.78 is 0. The van der Waals surface area contributed by atoms with E-state index < -0.39 is 0 Å². The molecule has 1 N–H and O–H groups in total. The first-order valence-electron chi connectivity index (χ1n) is 5.42. The van der Waals surface area contributed by atoms with E-state index in [1.54, 1.807) is 12.4 Å². The van der Waals surface area contributed by atoms with Gasteiger partial charge in [-0.3, -0.25) is 4.90 Å². The van der Waals surface area contributed by atoms with Crippen LogP contribution in [0.2, 0.25) is 0 Å². The molecule has 2 rings (SSSR count). The van der Waals surface area contributed by atoms with E-state index in [1.165, 1.54) is 0 Å². The lowest BCUT2D eigenvalue weighted by molar-refractivity contribution is 0.127. The number of hydrogen-bond acceptors (Lipinski definition) is 4. The first-order chi connectivity index (χ1) is 7.25. The minimum Gasteiger partial charge on any atom is -0.393 e. The van der Waals surface area contributed by atoms with Gasteiger partial charge in [-0.05, 0) is 31.9 Å². The third-order valence-electron chi connectivity index (χ3n) is 2.98. The number of aliphatic hydroxyl groups is 1. The zero-order valence-electron chi connectivity index (χ0n) is 9.00. The molecule has 1 aliphatic heterocycles. The van der Waals surface area contributed by atoms with Gasteiger partial charge in [0.15, 0.2) is 0 Å². The molecule has 0 amide bonds. The van der Waals surface area contributed by atoms with E-state index in [2.05, 4.69) is 14.9 Å². The van der Waals surface area contributed by atoms with Crippen molar-refractivity contribution in [2.24, 2.45) is 5.92 Å². The second-order valence-electron chi connectivity index (χ2n) is 4.19. The summed E-state index contributed by atoms with van der Waals surface area (Å²) in [6.45, 7) is 4.65. The smallest absolute Gasteiger partial charge is 0.142 e. The maximum atomic E-state index is 9.48. The molecule has 2 atom stereocenters. The zero-order chi connectivity index (χ0) is 10.7. The van der Waals surface area contributed by atoms with Crippen molar-refractivity contribution in [3.8, 4) is 0 Å². The second kappa shape index (κ2) is 4.68. The van der Waals surface area contributed by atoms with Gasteiger partial charge in [0.25, 0.3) is 0 Å². The van der Waals surface area contributed by atoms with E-state index >= 15 is 0 Å². The molecule has 4 nitrogen and oxygen atoms in total. The maximum Gasteiger partial charge on any atom is 0.142 e. The van der Waals surface area contributed by atoms with E-state index in [0.717, 1.165) is 31.9 Å². The topological polar surface area (TPSA) is 49.2 Å². The summed E-state index contributed by atoms with van der Waals surface area (Å²) in [5, 5.41) is 9.48. The van der Waals surface area contributed by atoms with Crippen molar-refractivity contribution in [1.82, 2.24) is 14.9 Å². The first-order valence-corrected chi connectivity index (χ1v) is 5.42. The summed E-state index contributed by atoms with van der Waals surface area (Å²) in [6, 6.07) is 1.83. The van der Waals surface area contributed by atoms with Gasteiger partial charge in [-0.1, -0.05) is 0 Å². The van der Waals surface area contributed by atoms with Gasteiger partial charge in [-0.2, -0.15) is 0 Å². The fourth-order valence-electron chi connectivity index (χ4n) is 2.01. The summed E-state index contributed by atoms with van der Waals surface area (Å²) in [4.78, 5) is 10.7. The van der Waals surface area contributed by atoms with E-state index in [1.807, 2.05) is 13.0 Å². The van der Waals surface area contributed by atoms with Crippen molar-refractivity contribution in [2.45, 2.75) is 26.0 Å². The van der Waals surface area contributed by atoms with Crippen LogP contribution in [0.1, 0.15) is 19.2 Å². The molecule has 82 valence electrons. The minimum absolute atomic E-state index is 0.202. The highest BCUT2D eigenvalue weighted by atomic mass is 16.3. The number of aromatic nitrogens is 2. The molecule has 1 aromatic heterocycles. The Kier molecular flexibility index (Phi) is 3.28. The molecule has 1 aromatic rings. The average molecular weight is 207 g/mol. The van der Waals surface area contributed by atoms with Gasteiger partial charge in [0, 0.05) is 18.9 Å². The normalized spacial score (nSPS) is 24.3. The van der Waals surface area contributed by atoms with E-state index in [4.69, 9.17) is 0 Å². The van der Waals surface area contributed by atoms with Gasteiger partial charge < -0.3 is 5.11 Å². The SMILES string of the molecule is CC(O)C1CCN(Cc2ncccn2)C1. The maximum absolute atomic E-state index is 9.48. The molecule has 0 spiro atoms. The van der Waals surface area contributed by atoms with Crippen molar-refractivity contribution >= 4 is 0 Å². The highest BCUT2D eigenvalue weighted by Crippen LogP contribution is 2.20. The Bertz CT molecular complexity index is 302. The predicted octanol–water partition coefficient (Wildman–Crippen LogP) is 0.679. The highest BCUT2D eigenvalue weighted by molar-refractivity contribution is 4.90. The van der Waals surface area contributed by atoms with Crippen LogP contribution >= 0.6 is 0 Å². The molecular formula is C11H17N3O. The predicted molar refractivity (Wildman–Crippen MR) is 57.1 cm³/mol. The van der Waals surface area contributed by atoms with Crippen LogP contribution in [0.15, 0.2) is 18.5 Å². The summed E-state index contributed by atoms with van der Waals surface area (Å²) >= 11 is 0. The molecule has 0 radical (unpaired) electrons. The summed E-state index contributed by atoms with van der Waals surface area (Å²) in [6.07, 6.45) is 4.41. The Morgan fingerprint density at radius 1 is 1.53 bits per heavy atom. The molecule has 1 saturated heterocycles. The molecule has 2 heterocycles. The van der Waals surface area contributed by atoms with Gasteiger partial charge in [0.2, 0.25) is 0 Å². The third kappa shape index (κ3) is 2.73. The molecule has 1 fully saturated rings. The number of nitrogens with zero attached hydrogens (tertiary/aromatic N) is 3. The van der Waals surface area contributed by atoms with Crippen LogP contribution < -0.4 is 0 Å². The van der Waals surface area contributed by atoms with Crippen molar-refractivity contribution < 1.29 is 5.11 Å². The average Bonchev–Trinajstić information content (AvgIpc) is 2.68. The highest BCUT2D eigenvalue weighted by Gasteiger charge is 2.26. The van der Waals surface area contributed by atoms with Crippen LogP contribution in [0.4, 0.5) is 0 Å². The summed E-state index contributed by atoms with van der Waals surface area (Å²) in [5.74, 6) is 1.28. The van der Waals surface area contributed by atoms with Gasteiger partial charge in [0.05, 0.1) is 12.6 Å². The third-order valence-corrected chi connectivity index (χ3v) is 2.98.